The fourth-order valence-electron chi connectivity index (χ4n) is 1.02. The largest absolute Gasteiger partial charge is 0.488 e. The lowest BCUT2D eigenvalue weighted by Crippen LogP contribution is -1.98. The Balaban J connectivity index is 2.26. The first-order valence-corrected chi connectivity index (χ1v) is 4.42. The van der Waals surface area contributed by atoms with E-state index in [1.807, 2.05) is 6.92 Å². The molecule has 0 aliphatic heterocycles. The number of aryl methyl sites for hydroxylation is 1. The van der Waals surface area contributed by atoms with E-state index in [9.17, 15) is 0 Å². The quantitative estimate of drug-likeness (QED) is 0.703. The standard InChI is InChI=1S/C9H10ClNO/c1-6-4-11-5-8(10)9(6)12-7-2-3-7/h4-5,7H,2-3H2,1H3. The second kappa shape index (κ2) is 2.94. The Morgan fingerprint density at radius 1 is 1.50 bits per heavy atom. The summed E-state index contributed by atoms with van der Waals surface area (Å²) in [5, 5.41) is 0.613. The summed E-state index contributed by atoms with van der Waals surface area (Å²) in [6, 6.07) is 0. The van der Waals surface area contributed by atoms with Crippen LogP contribution >= 0.6 is 11.6 Å². The third kappa shape index (κ3) is 1.53. The maximum atomic E-state index is 5.91. The molecule has 12 heavy (non-hydrogen) atoms. The molecular weight excluding hydrogens is 174 g/mol. The van der Waals surface area contributed by atoms with E-state index >= 15 is 0 Å². The Labute approximate surface area is 76.5 Å². The molecule has 0 atom stereocenters. The number of rotatable bonds is 2. The molecule has 1 aromatic rings. The van der Waals surface area contributed by atoms with Gasteiger partial charge < -0.3 is 4.74 Å². The van der Waals surface area contributed by atoms with E-state index in [0.717, 1.165) is 24.2 Å². The van der Waals surface area contributed by atoms with Gasteiger partial charge in [-0.05, 0) is 19.8 Å². The van der Waals surface area contributed by atoms with Crippen LogP contribution in [0, 0.1) is 6.92 Å². The zero-order valence-electron chi connectivity index (χ0n) is 6.88. The van der Waals surface area contributed by atoms with Crippen molar-refractivity contribution in [1.29, 1.82) is 0 Å². The van der Waals surface area contributed by atoms with Crippen LogP contribution < -0.4 is 4.74 Å². The van der Waals surface area contributed by atoms with Gasteiger partial charge in [0.05, 0.1) is 6.10 Å². The molecule has 0 N–H and O–H groups in total. The molecular formula is C9H10ClNO. The summed E-state index contributed by atoms with van der Waals surface area (Å²) in [4.78, 5) is 3.96. The first-order valence-electron chi connectivity index (χ1n) is 4.04. The molecule has 0 amide bonds. The predicted molar refractivity (Wildman–Crippen MR) is 47.6 cm³/mol. The summed E-state index contributed by atoms with van der Waals surface area (Å²) in [5.41, 5.74) is 1.01. The fraction of sp³-hybridized carbons (Fsp3) is 0.444. The third-order valence-corrected chi connectivity index (χ3v) is 2.11. The number of hydrogen-bond acceptors (Lipinski definition) is 2. The molecule has 1 aromatic heterocycles. The van der Waals surface area contributed by atoms with Crippen molar-refractivity contribution in [3.63, 3.8) is 0 Å². The first kappa shape index (κ1) is 7.87. The van der Waals surface area contributed by atoms with E-state index in [1.165, 1.54) is 0 Å². The van der Waals surface area contributed by atoms with Gasteiger partial charge in [-0.2, -0.15) is 0 Å². The van der Waals surface area contributed by atoms with Gasteiger partial charge in [-0.3, -0.25) is 4.98 Å². The SMILES string of the molecule is Cc1cncc(Cl)c1OC1CC1. The highest BCUT2D eigenvalue weighted by Crippen LogP contribution is 2.33. The molecule has 1 saturated carbocycles. The predicted octanol–water partition coefficient (Wildman–Crippen LogP) is 2.58. The Morgan fingerprint density at radius 2 is 2.25 bits per heavy atom. The molecule has 1 aliphatic carbocycles. The number of ether oxygens (including phenoxy) is 1. The van der Waals surface area contributed by atoms with Crippen molar-refractivity contribution < 1.29 is 4.74 Å². The molecule has 1 aliphatic rings. The summed E-state index contributed by atoms with van der Waals surface area (Å²) in [6.07, 6.45) is 6.08. The fourth-order valence-corrected chi connectivity index (χ4v) is 1.27. The van der Waals surface area contributed by atoms with Crippen LogP contribution in [0.5, 0.6) is 5.75 Å². The summed E-state index contributed by atoms with van der Waals surface area (Å²) in [5.74, 6) is 0.800. The lowest BCUT2D eigenvalue weighted by Gasteiger charge is -2.08. The Kier molecular flexibility index (Phi) is 1.93. The zero-order chi connectivity index (χ0) is 8.55. The van der Waals surface area contributed by atoms with E-state index in [0.29, 0.717) is 11.1 Å². The number of halogens is 1. The number of nitrogens with zero attached hydrogens (tertiary/aromatic N) is 1. The van der Waals surface area contributed by atoms with Crippen LogP contribution in [0.1, 0.15) is 18.4 Å². The van der Waals surface area contributed by atoms with Crippen LogP contribution in [0.4, 0.5) is 0 Å². The van der Waals surface area contributed by atoms with Crippen LogP contribution in [-0.4, -0.2) is 11.1 Å². The van der Waals surface area contributed by atoms with Gasteiger partial charge in [-0.25, -0.2) is 0 Å². The van der Waals surface area contributed by atoms with Crippen LogP contribution in [0.3, 0.4) is 0 Å². The van der Waals surface area contributed by atoms with E-state index in [2.05, 4.69) is 4.98 Å². The van der Waals surface area contributed by atoms with E-state index in [-0.39, 0.29) is 0 Å². The minimum Gasteiger partial charge on any atom is -0.488 e. The number of pyridine rings is 1. The van der Waals surface area contributed by atoms with Crippen molar-refractivity contribution in [1.82, 2.24) is 4.98 Å². The second-order valence-corrected chi connectivity index (χ2v) is 3.49. The maximum absolute atomic E-state index is 5.91. The molecule has 2 nitrogen and oxygen atoms in total. The first-order chi connectivity index (χ1) is 5.77. The van der Waals surface area contributed by atoms with Gasteiger partial charge in [0.15, 0.2) is 0 Å². The van der Waals surface area contributed by atoms with Crippen LogP contribution in [0.25, 0.3) is 0 Å². The third-order valence-electron chi connectivity index (χ3n) is 1.84. The van der Waals surface area contributed by atoms with Crippen molar-refractivity contribution >= 4 is 11.6 Å². The molecule has 0 unspecified atom stereocenters. The average molecular weight is 184 g/mol. The van der Waals surface area contributed by atoms with Gasteiger partial charge in [0.2, 0.25) is 0 Å². The molecule has 2 rings (SSSR count). The van der Waals surface area contributed by atoms with E-state index in [4.69, 9.17) is 16.3 Å². The summed E-state index contributed by atoms with van der Waals surface area (Å²) < 4.78 is 5.61. The Hall–Kier alpha value is -0.760. The van der Waals surface area contributed by atoms with E-state index in [1.54, 1.807) is 12.4 Å². The van der Waals surface area contributed by atoms with E-state index < -0.39 is 0 Å². The monoisotopic (exact) mass is 183 g/mol. The topological polar surface area (TPSA) is 22.1 Å². The highest BCUT2D eigenvalue weighted by molar-refractivity contribution is 6.32. The van der Waals surface area contributed by atoms with Crippen molar-refractivity contribution in [2.45, 2.75) is 25.9 Å². The Bertz CT molecular complexity index is 276. The summed E-state index contributed by atoms with van der Waals surface area (Å²) >= 11 is 5.91. The van der Waals surface area contributed by atoms with Gasteiger partial charge in [-0.15, -0.1) is 0 Å². The molecule has 3 heteroatoms. The minimum absolute atomic E-state index is 0.392. The van der Waals surface area contributed by atoms with Crippen molar-refractivity contribution in [3.8, 4) is 5.75 Å². The van der Waals surface area contributed by atoms with Gasteiger partial charge in [0.25, 0.3) is 0 Å². The molecule has 0 saturated heterocycles. The van der Waals surface area contributed by atoms with Crippen molar-refractivity contribution in [2.75, 3.05) is 0 Å². The molecule has 0 radical (unpaired) electrons. The molecule has 1 heterocycles. The summed E-state index contributed by atoms with van der Waals surface area (Å²) in [7, 11) is 0. The Morgan fingerprint density at radius 3 is 2.83 bits per heavy atom. The van der Waals surface area contributed by atoms with Crippen LogP contribution in [-0.2, 0) is 0 Å². The maximum Gasteiger partial charge on any atom is 0.144 e. The number of hydrogen-bond donors (Lipinski definition) is 0. The van der Waals surface area contributed by atoms with Crippen molar-refractivity contribution in [2.24, 2.45) is 0 Å². The minimum atomic E-state index is 0.392. The molecule has 1 fully saturated rings. The lowest BCUT2D eigenvalue weighted by atomic mass is 10.3. The van der Waals surface area contributed by atoms with Gasteiger partial charge in [-0.1, -0.05) is 11.6 Å². The normalized spacial score (nSPS) is 16.2. The second-order valence-electron chi connectivity index (χ2n) is 3.08. The zero-order valence-corrected chi connectivity index (χ0v) is 7.64. The molecule has 0 spiro atoms. The molecule has 0 aromatic carbocycles. The lowest BCUT2D eigenvalue weighted by molar-refractivity contribution is 0.301. The van der Waals surface area contributed by atoms with Crippen LogP contribution in [0.15, 0.2) is 12.4 Å². The number of aromatic nitrogens is 1. The smallest absolute Gasteiger partial charge is 0.144 e. The highest BCUT2D eigenvalue weighted by Gasteiger charge is 2.25. The molecule has 64 valence electrons. The van der Waals surface area contributed by atoms with Crippen LogP contribution in [0.2, 0.25) is 5.02 Å². The average Bonchev–Trinajstić information content (AvgIpc) is 2.80. The van der Waals surface area contributed by atoms with Gasteiger partial charge in [0.1, 0.15) is 10.8 Å². The highest BCUT2D eigenvalue weighted by atomic mass is 35.5. The van der Waals surface area contributed by atoms with Gasteiger partial charge in [0, 0.05) is 18.0 Å². The molecule has 0 bridgehead atoms. The van der Waals surface area contributed by atoms with Gasteiger partial charge >= 0.3 is 0 Å². The summed E-state index contributed by atoms with van der Waals surface area (Å²) in [6.45, 7) is 1.95. The van der Waals surface area contributed by atoms with Crippen molar-refractivity contribution in [3.05, 3.63) is 23.0 Å².